The second kappa shape index (κ2) is 7.79. The van der Waals surface area contributed by atoms with E-state index in [9.17, 15) is 14.7 Å². The van der Waals surface area contributed by atoms with Crippen LogP contribution in [0.15, 0.2) is 16.9 Å². The van der Waals surface area contributed by atoms with E-state index in [-0.39, 0.29) is 23.7 Å². The van der Waals surface area contributed by atoms with Crippen LogP contribution < -0.4 is 10.9 Å². The first-order valence-corrected chi connectivity index (χ1v) is 6.98. The molecule has 0 aliphatic heterocycles. The van der Waals surface area contributed by atoms with Crippen molar-refractivity contribution in [1.82, 2.24) is 15.1 Å². The lowest BCUT2D eigenvalue weighted by Crippen LogP contribution is -2.34. The Morgan fingerprint density at radius 3 is 2.75 bits per heavy atom. The summed E-state index contributed by atoms with van der Waals surface area (Å²) in [6.45, 7) is 6.62. The SMILES string of the molecule is CCCn1nc(C(=O)NCC(O)CC(C)C)ccc1=O. The average molecular weight is 281 g/mol. The lowest BCUT2D eigenvalue weighted by molar-refractivity contribution is 0.0893. The molecule has 1 rings (SSSR count). The maximum atomic E-state index is 11.9. The van der Waals surface area contributed by atoms with Crippen LogP contribution in [-0.4, -0.2) is 33.4 Å². The predicted octanol–water partition coefficient (Wildman–Crippen LogP) is 0.790. The standard InChI is InChI=1S/C14H23N3O3/c1-4-7-17-13(19)6-5-12(16-17)14(20)15-9-11(18)8-10(2)3/h5-6,10-11,18H,4,7-9H2,1-3H3,(H,15,20). The third-order valence-electron chi connectivity index (χ3n) is 2.78. The van der Waals surface area contributed by atoms with Crippen molar-refractivity contribution >= 4 is 5.91 Å². The Hall–Kier alpha value is -1.69. The second-order valence-electron chi connectivity index (χ2n) is 5.27. The summed E-state index contributed by atoms with van der Waals surface area (Å²) in [6.07, 6.45) is 0.828. The van der Waals surface area contributed by atoms with Gasteiger partial charge in [-0.3, -0.25) is 9.59 Å². The molecule has 1 unspecified atom stereocenters. The fraction of sp³-hybridized carbons (Fsp3) is 0.643. The molecule has 0 aliphatic rings. The van der Waals surface area contributed by atoms with Gasteiger partial charge in [-0.1, -0.05) is 20.8 Å². The van der Waals surface area contributed by atoms with Crippen molar-refractivity contribution in [2.24, 2.45) is 5.92 Å². The number of carbonyl (C=O) groups excluding carboxylic acids is 1. The molecule has 1 atom stereocenters. The number of hydrogen-bond acceptors (Lipinski definition) is 4. The molecule has 0 aromatic carbocycles. The Bertz CT molecular complexity index is 497. The second-order valence-corrected chi connectivity index (χ2v) is 5.27. The number of hydrogen-bond donors (Lipinski definition) is 2. The summed E-state index contributed by atoms with van der Waals surface area (Å²) in [5.41, 5.74) is -0.0296. The van der Waals surface area contributed by atoms with Crippen molar-refractivity contribution in [2.45, 2.75) is 46.3 Å². The molecule has 2 N–H and O–H groups in total. The number of aromatic nitrogens is 2. The fourth-order valence-corrected chi connectivity index (χ4v) is 1.87. The maximum Gasteiger partial charge on any atom is 0.271 e. The predicted molar refractivity (Wildman–Crippen MR) is 76.6 cm³/mol. The van der Waals surface area contributed by atoms with Gasteiger partial charge in [-0.15, -0.1) is 0 Å². The topological polar surface area (TPSA) is 84.2 Å². The molecule has 0 aliphatic carbocycles. The smallest absolute Gasteiger partial charge is 0.271 e. The van der Waals surface area contributed by atoms with Crippen LogP contribution in [0, 0.1) is 5.92 Å². The highest BCUT2D eigenvalue weighted by Gasteiger charge is 2.12. The van der Waals surface area contributed by atoms with Crippen molar-refractivity contribution in [3.63, 3.8) is 0 Å². The van der Waals surface area contributed by atoms with Gasteiger partial charge >= 0.3 is 0 Å². The Morgan fingerprint density at radius 1 is 1.45 bits per heavy atom. The minimum Gasteiger partial charge on any atom is -0.391 e. The van der Waals surface area contributed by atoms with E-state index in [2.05, 4.69) is 10.4 Å². The molecule has 1 amide bonds. The van der Waals surface area contributed by atoms with Crippen LogP contribution >= 0.6 is 0 Å². The van der Waals surface area contributed by atoms with Gasteiger partial charge in [0.05, 0.1) is 6.10 Å². The average Bonchev–Trinajstić information content (AvgIpc) is 2.38. The van der Waals surface area contributed by atoms with Gasteiger partial charge in [-0.2, -0.15) is 5.10 Å². The van der Waals surface area contributed by atoms with Crippen molar-refractivity contribution in [3.05, 3.63) is 28.2 Å². The van der Waals surface area contributed by atoms with E-state index in [1.165, 1.54) is 16.8 Å². The number of rotatable bonds is 7. The minimum absolute atomic E-state index is 0.186. The van der Waals surface area contributed by atoms with Crippen molar-refractivity contribution in [1.29, 1.82) is 0 Å². The highest BCUT2D eigenvalue weighted by Crippen LogP contribution is 2.03. The van der Waals surface area contributed by atoms with Crippen LogP contribution in [0.5, 0.6) is 0 Å². The molecule has 112 valence electrons. The van der Waals surface area contributed by atoms with Crippen LogP contribution in [0.1, 0.15) is 44.1 Å². The van der Waals surface area contributed by atoms with Crippen LogP contribution in [0.25, 0.3) is 0 Å². The zero-order valence-corrected chi connectivity index (χ0v) is 12.3. The van der Waals surface area contributed by atoms with Crippen LogP contribution in [0.4, 0.5) is 0 Å². The number of amides is 1. The van der Waals surface area contributed by atoms with Gasteiger partial charge in [0.25, 0.3) is 11.5 Å². The monoisotopic (exact) mass is 281 g/mol. The van der Waals surface area contributed by atoms with Crippen LogP contribution in [0.3, 0.4) is 0 Å². The van der Waals surface area contributed by atoms with Crippen LogP contribution in [0.2, 0.25) is 0 Å². The first kappa shape index (κ1) is 16.4. The summed E-state index contributed by atoms with van der Waals surface area (Å²) < 4.78 is 1.28. The number of aryl methyl sites for hydroxylation is 1. The summed E-state index contributed by atoms with van der Waals surface area (Å²) in [4.78, 5) is 23.4. The largest absolute Gasteiger partial charge is 0.391 e. The summed E-state index contributed by atoms with van der Waals surface area (Å²) in [7, 11) is 0. The van der Waals surface area contributed by atoms with Gasteiger partial charge in [0.15, 0.2) is 0 Å². The van der Waals surface area contributed by atoms with Gasteiger partial charge in [0.1, 0.15) is 5.69 Å². The number of nitrogens with zero attached hydrogens (tertiary/aromatic N) is 2. The molecule has 0 saturated carbocycles. The van der Waals surface area contributed by atoms with E-state index >= 15 is 0 Å². The first-order valence-electron chi connectivity index (χ1n) is 6.98. The molecule has 1 heterocycles. The summed E-state index contributed by atoms with van der Waals surface area (Å²) in [5, 5.41) is 16.3. The number of carbonyl (C=O) groups is 1. The van der Waals surface area contributed by atoms with E-state index in [0.29, 0.717) is 18.9 Å². The Morgan fingerprint density at radius 2 is 2.15 bits per heavy atom. The molecule has 6 heteroatoms. The zero-order valence-electron chi connectivity index (χ0n) is 12.3. The van der Waals surface area contributed by atoms with Crippen LogP contribution in [-0.2, 0) is 6.54 Å². The molecule has 1 aromatic rings. The van der Waals surface area contributed by atoms with Crippen molar-refractivity contribution in [3.8, 4) is 0 Å². The molecule has 20 heavy (non-hydrogen) atoms. The fourth-order valence-electron chi connectivity index (χ4n) is 1.87. The molecule has 0 spiro atoms. The third kappa shape index (κ3) is 5.13. The van der Waals surface area contributed by atoms with Crippen molar-refractivity contribution in [2.75, 3.05) is 6.54 Å². The lowest BCUT2D eigenvalue weighted by atomic mass is 10.1. The van der Waals surface area contributed by atoms with Gasteiger partial charge in [0, 0.05) is 19.2 Å². The van der Waals surface area contributed by atoms with Gasteiger partial charge in [-0.25, -0.2) is 4.68 Å². The molecular weight excluding hydrogens is 258 g/mol. The number of nitrogens with one attached hydrogen (secondary N) is 1. The molecule has 0 saturated heterocycles. The van der Waals surface area contributed by atoms with Crippen molar-refractivity contribution < 1.29 is 9.90 Å². The maximum absolute atomic E-state index is 11.9. The van der Waals surface area contributed by atoms with E-state index in [1.807, 2.05) is 20.8 Å². The third-order valence-corrected chi connectivity index (χ3v) is 2.78. The Balaban J connectivity index is 2.63. The highest BCUT2D eigenvalue weighted by atomic mass is 16.3. The quantitative estimate of drug-likeness (QED) is 0.774. The van der Waals surface area contributed by atoms with Gasteiger partial charge < -0.3 is 10.4 Å². The summed E-state index contributed by atoms with van der Waals surface area (Å²) in [6, 6.07) is 2.74. The minimum atomic E-state index is -0.569. The highest BCUT2D eigenvalue weighted by molar-refractivity contribution is 5.91. The molecule has 6 nitrogen and oxygen atoms in total. The normalized spacial score (nSPS) is 12.4. The van der Waals surface area contributed by atoms with Gasteiger partial charge in [-0.05, 0) is 24.8 Å². The Kier molecular flexibility index (Phi) is 6.38. The first-order chi connectivity index (χ1) is 9.43. The van der Waals surface area contributed by atoms with E-state index in [4.69, 9.17) is 0 Å². The van der Waals surface area contributed by atoms with E-state index in [1.54, 1.807) is 0 Å². The molecule has 0 fully saturated rings. The van der Waals surface area contributed by atoms with E-state index < -0.39 is 6.10 Å². The number of aliphatic hydroxyl groups excluding tert-OH is 1. The molecule has 0 radical (unpaired) electrons. The summed E-state index contributed by atoms with van der Waals surface area (Å²) in [5.74, 6) is -0.0101. The molecular formula is C14H23N3O3. The Labute approximate surface area is 118 Å². The molecule has 0 bridgehead atoms. The van der Waals surface area contributed by atoms with E-state index in [0.717, 1.165) is 6.42 Å². The lowest BCUT2D eigenvalue weighted by Gasteiger charge is -2.13. The zero-order chi connectivity index (χ0) is 15.1. The molecule has 1 aromatic heterocycles. The summed E-state index contributed by atoms with van der Waals surface area (Å²) >= 11 is 0. The number of aliphatic hydroxyl groups is 1. The van der Waals surface area contributed by atoms with Gasteiger partial charge in [0.2, 0.25) is 0 Å².